The van der Waals surface area contributed by atoms with Crippen LogP contribution in [0.2, 0.25) is 5.02 Å². The van der Waals surface area contributed by atoms with Crippen LogP contribution in [0.5, 0.6) is 0 Å². The normalized spacial score (nSPS) is 12.0. The number of benzene rings is 1. The minimum Gasteiger partial charge on any atom is -0.455 e. The van der Waals surface area contributed by atoms with E-state index in [-0.39, 0.29) is 18.4 Å². The van der Waals surface area contributed by atoms with Gasteiger partial charge in [-0.15, -0.1) is 0 Å². The van der Waals surface area contributed by atoms with E-state index in [0.29, 0.717) is 28.0 Å². The third-order valence-electron chi connectivity index (χ3n) is 4.31. The van der Waals surface area contributed by atoms with Gasteiger partial charge in [-0.2, -0.15) is 5.10 Å². The Morgan fingerprint density at radius 2 is 2.10 bits per heavy atom. The molecule has 0 saturated carbocycles. The number of nitrogens with one attached hydrogen (secondary N) is 1. The zero-order valence-electron chi connectivity index (χ0n) is 16.0. The lowest BCUT2D eigenvalue weighted by atomic mass is 10.1. The van der Waals surface area contributed by atoms with E-state index in [9.17, 15) is 9.59 Å². The van der Waals surface area contributed by atoms with E-state index < -0.39 is 12.1 Å². The van der Waals surface area contributed by atoms with Crippen molar-refractivity contribution in [2.45, 2.75) is 37.6 Å². The summed E-state index contributed by atoms with van der Waals surface area (Å²) in [5.41, 5.74) is 1.66. The number of rotatable bonds is 8. The molecule has 2 aromatic heterocycles. The number of aromatic amines is 1. The van der Waals surface area contributed by atoms with Gasteiger partial charge in [0, 0.05) is 22.7 Å². The fourth-order valence-electron chi connectivity index (χ4n) is 2.81. The second kappa shape index (κ2) is 9.71. The molecule has 152 valence electrons. The molecular weight excluding hydrogens is 414 g/mol. The molecule has 0 aliphatic heterocycles. The summed E-state index contributed by atoms with van der Waals surface area (Å²) in [5.74, 6) is -0.419. The molecule has 2 heterocycles. The van der Waals surface area contributed by atoms with E-state index in [0.717, 1.165) is 5.56 Å². The SMILES string of the molecule is CSc1nc(C)c(CCC(=O)O[C@@H](Cn2cncn2)c2ccc(Cl)cc2)c(=O)[nH]1. The number of halogens is 1. The fourth-order valence-corrected chi connectivity index (χ4v) is 3.35. The number of thioether (sulfide) groups is 1. The van der Waals surface area contributed by atoms with Crippen molar-refractivity contribution in [1.82, 2.24) is 24.7 Å². The molecule has 1 aromatic carbocycles. The maximum absolute atomic E-state index is 12.5. The van der Waals surface area contributed by atoms with E-state index in [1.54, 1.807) is 42.2 Å². The first kappa shape index (κ1) is 21.1. The lowest BCUT2D eigenvalue weighted by Gasteiger charge is -2.18. The number of H-pyrrole nitrogens is 1. The molecule has 0 amide bonds. The molecule has 0 unspecified atom stereocenters. The second-order valence-electron chi connectivity index (χ2n) is 6.29. The number of carbonyl (C=O) groups excluding carboxylic acids is 1. The number of ether oxygens (including phenoxy) is 1. The van der Waals surface area contributed by atoms with Crippen molar-refractivity contribution < 1.29 is 9.53 Å². The summed E-state index contributed by atoms with van der Waals surface area (Å²) in [7, 11) is 0. The van der Waals surface area contributed by atoms with Crippen LogP contribution in [0.15, 0.2) is 46.9 Å². The van der Waals surface area contributed by atoms with Crippen LogP contribution in [0.3, 0.4) is 0 Å². The monoisotopic (exact) mass is 433 g/mol. The number of esters is 1. The largest absolute Gasteiger partial charge is 0.455 e. The third kappa shape index (κ3) is 5.68. The molecule has 0 spiro atoms. The van der Waals surface area contributed by atoms with E-state index in [2.05, 4.69) is 20.1 Å². The highest BCUT2D eigenvalue weighted by Crippen LogP contribution is 2.22. The summed E-state index contributed by atoms with van der Waals surface area (Å²) in [4.78, 5) is 35.7. The van der Waals surface area contributed by atoms with Gasteiger partial charge in [0.1, 0.15) is 18.8 Å². The molecule has 0 bridgehead atoms. The van der Waals surface area contributed by atoms with Gasteiger partial charge in [-0.25, -0.2) is 14.6 Å². The van der Waals surface area contributed by atoms with Gasteiger partial charge in [0.05, 0.1) is 6.54 Å². The molecule has 0 aliphatic rings. The number of carbonyl (C=O) groups is 1. The quantitative estimate of drug-likeness (QED) is 0.331. The Bertz CT molecular complexity index is 1020. The van der Waals surface area contributed by atoms with E-state index in [1.165, 1.54) is 18.1 Å². The fraction of sp³-hybridized carbons (Fsp3) is 0.316. The molecule has 1 atom stereocenters. The van der Waals surface area contributed by atoms with Gasteiger partial charge in [-0.3, -0.25) is 9.59 Å². The highest BCUT2D eigenvalue weighted by Gasteiger charge is 2.19. The number of nitrogens with zero attached hydrogens (tertiary/aromatic N) is 4. The van der Waals surface area contributed by atoms with Crippen LogP contribution in [0.25, 0.3) is 0 Å². The average molecular weight is 434 g/mol. The standard InChI is InChI=1S/C19H20ClN5O3S/c1-12-15(18(27)24-19(23-12)29-2)7-8-17(26)28-16(9-25-11-21-10-22-25)13-3-5-14(20)6-4-13/h3-6,10-11,16H,7-9H2,1-2H3,(H,23,24,27)/t16-/m0/s1. The molecule has 0 radical (unpaired) electrons. The summed E-state index contributed by atoms with van der Waals surface area (Å²) < 4.78 is 7.28. The summed E-state index contributed by atoms with van der Waals surface area (Å²) in [6, 6.07) is 7.08. The first-order valence-electron chi connectivity index (χ1n) is 8.87. The van der Waals surface area contributed by atoms with Crippen LogP contribution in [-0.4, -0.2) is 37.0 Å². The molecule has 3 rings (SSSR count). The van der Waals surface area contributed by atoms with Crippen molar-refractivity contribution in [3.63, 3.8) is 0 Å². The van der Waals surface area contributed by atoms with Gasteiger partial charge < -0.3 is 9.72 Å². The van der Waals surface area contributed by atoms with Crippen molar-refractivity contribution >= 4 is 29.3 Å². The molecule has 0 saturated heterocycles. The first-order chi connectivity index (χ1) is 14.0. The van der Waals surface area contributed by atoms with Gasteiger partial charge in [0.25, 0.3) is 5.56 Å². The molecule has 10 heteroatoms. The van der Waals surface area contributed by atoms with Crippen LogP contribution >= 0.6 is 23.4 Å². The van der Waals surface area contributed by atoms with E-state index in [4.69, 9.17) is 16.3 Å². The Hall–Kier alpha value is -2.65. The van der Waals surface area contributed by atoms with Crippen LogP contribution in [0.1, 0.15) is 29.3 Å². The molecular formula is C19H20ClN5O3S. The van der Waals surface area contributed by atoms with Crippen LogP contribution in [0, 0.1) is 6.92 Å². The van der Waals surface area contributed by atoms with Gasteiger partial charge in [0.15, 0.2) is 5.16 Å². The zero-order valence-corrected chi connectivity index (χ0v) is 17.5. The van der Waals surface area contributed by atoms with Gasteiger partial charge in [0.2, 0.25) is 0 Å². The Labute approximate surface area is 176 Å². The summed E-state index contributed by atoms with van der Waals surface area (Å²) >= 11 is 7.32. The van der Waals surface area contributed by atoms with Gasteiger partial charge in [-0.05, 0) is 37.3 Å². The smallest absolute Gasteiger partial charge is 0.306 e. The van der Waals surface area contributed by atoms with Crippen molar-refractivity contribution in [3.05, 3.63) is 69.1 Å². The van der Waals surface area contributed by atoms with Crippen LogP contribution < -0.4 is 5.56 Å². The zero-order chi connectivity index (χ0) is 20.8. The lowest BCUT2D eigenvalue weighted by Crippen LogP contribution is -2.21. The number of aromatic nitrogens is 5. The average Bonchev–Trinajstić information content (AvgIpc) is 3.20. The molecule has 29 heavy (non-hydrogen) atoms. The van der Waals surface area contributed by atoms with Gasteiger partial charge in [-0.1, -0.05) is 35.5 Å². The summed E-state index contributed by atoms with van der Waals surface area (Å²) in [6.45, 7) is 2.08. The third-order valence-corrected chi connectivity index (χ3v) is 5.14. The topological polar surface area (TPSA) is 103 Å². The van der Waals surface area contributed by atoms with Crippen molar-refractivity contribution in [1.29, 1.82) is 0 Å². The summed E-state index contributed by atoms with van der Waals surface area (Å²) in [5, 5.41) is 5.22. The summed E-state index contributed by atoms with van der Waals surface area (Å²) in [6.07, 6.45) is 4.56. The molecule has 0 fully saturated rings. The van der Waals surface area contributed by atoms with Crippen LogP contribution in [0.4, 0.5) is 0 Å². The Balaban J connectivity index is 1.70. The number of aryl methyl sites for hydroxylation is 1. The maximum Gasteiger partial charge on any atom is 0.306 e. The van der Waals surface area contributed by atoms with E-state index in [1.807, 2.05) is 6.26 Å². The minimum atomic E-state index is -0.558. The molecule has 0 aliphatic carbocycles. The highest BCUT2D eigenvalue weighted by molar-refractivity contribution is 7.98. The molecule has 1 N–H and O–H groups in total. The van der Waals surface area contributed by atoms with Crippen molar-refractivity contribution in [2.24, 2.45) is 0 Å². The highest BCUT2D eigenvalue weighted by atomic mass is 35.5. The maximum atomic E-state index is 12.5. The first-order valence-corrected chi connectivity index (χ1v) is 10.5. The molecule has 3 aromatic rings. The van der Waals surface area contributed by atoms with E-state index >= 15 is 0 Å². The van der Waals surface area contributed by atoms with Crippen molar-refractivity contribution in [3.8, 4) is 0 Å². The number of hydrogen-bond donors (Lipinski definition) is 1. The number of hydrogen-bond acceptors (Lipinski definition) is 7. The lowest BCUT2D eigenvalue weighted by molar-refractivity contribution is -0.150. The van der Waals surface area contributed by atoms with Crippen molar-refractivity contribution in [2.75, 3.05) is 6.26 Å². The predicted octanol–water partition coefficient (Wildman–Crippen LogP) is 2.96. The Kier molecular flexibility index (Phi) is 7.05. The molecule has 8 nitrogen and oxygen atoms in total. The second-order valence-corrected chi connectivity index (χ2v) is 7.52. The van der Waals surface area contributed by atoms with Gasteiger partial charge >= 0.3 is 5.97 Å². The Morgan fingerprint density at radius 3 is 2.72 bits per heavy atom. The minimum absolute atomic E-state index is 0.0612. The predicted molar refractivity (Wildman–Crippen MR) is 110 cm³/mol. The van der Waals surface area contributed by atoms with Crippen LogP contribution in [-0.2, 0) is 22.5 Å². The Morgan fingerprint density at radius 1 is 1.34 bits per heavy atom.